The van der Waals surface area contributed by atoms with E-state index in [1.165, 1.54) is 4.88 Å². The van der Waals surface area contributed by atoms with Crippen LogP contribution in [0.1, 0.15) is 28.3 Å². The van der Waals surface area contributed by atoms with E-state index >= 15 is 0 Å². The van der Waals surface area contributed by atoms with E-state index in [2.05, 4.69) is 37.7 Å². The van der Waals surface area contributed by atoms with Crippen LogP contribution in [0.3, 0.4) is 0 Å². The molecule has 0 saturated heterocycles. The molecule has 2 aromatic rings. The van der Waals surface area contributed by atoms with Gasteiger partial charge in [0.1, 0.15) is 6.33 Å². The Balaban J connectivity index is 0.00000242. The van der Waals surface area contributed by atoms with Gasteiger partial charge in [-0.3, -0.25) is 4.99 Å². The van der Waals surface area contributed by atoms with Crippen LogP contribution in [0.4, 0.5) is 0 Å². The highest BCUT2D eigenvalue weighted by molar-refractivity contribution is 14.0. The maximum atomic E-state index is 4.42. The summed E-state index contributed by atoms with van der Waals surface area (Å²) in [6.07, 6.45) is 1.73. The molecule has 22 heavy (non-hydrogen) atoms. The van der Waals surface area contributed by atoms with E-state index in [4.69, 9.17) is 0 Å². The smallest absolute Gasteiger partial charge is 0.191 e. The molecular weight excluding hydrogens is 413 g/mol. The number of aromatic nitrogens is 4. The van der Waals surface area contributed by atoms with Crippen LogP contribution in [0.25, 0.3) is 0 Å². The fourth-order valence-corrected chi connectivity index (χ4v) is 2.84. The predicted octanol–water partition coefficient (Wildman–Crippen LogP) is 1.85. The molecule has 0 aromatic carbocycles. The Hall–Kier alpha value is -1.23. The molecule has 7 nitrogen and oxygen atoms in total. The Labute approximate surface area is 151 Å². The maximum Gasteiger partial charge on any atom is 0.191 e. The third-order valence-corrected chi connectivity index (χ3v) is 4.16. The topological polar surface area (TPSA) is 80.0 Å². The van der Waals surface area contributed by atoms with Gasteiger partial charge < -0.3 is 15.2 Å². The van der Waals surface area contributed by atoms with Crippen LogP contribution in [-0.2, 0) is 19.6 Å². The molecule has 0 spiro atoms. The zero-order valence-corrected chi connectivity index (χ0v) is 16.4. The summed E-state index contributed by atoms with van der Waals surface area (Å²) >= 11 is 1.71. The lowest BCUT2D eigenvalue weighted by Crippen LogP contribution is -2.36. The highest BCUT2D eigenvalue weighted by Crippen LogP contribution is 2.16. The predicted molar refractivity (Wildman–Crippen MR) is 99.7 cm³/mol. The fraction of sp³-hybridized carbons (Fsp3) is 0.538. The summed E-state index contributed by atoms with van der Waals surface area (Å²) in [6, 6.07) is 0. The number of rotatable bonds is 5. The average Bonchev–Trinajstić information content (AvgIpc) is 3.05. The van der Waals surface area contributed by atoms with Crippen LogP contribution in [0, 0.1) is 13.8 Å². The van der Waals surface area contributed by atoms with Crippen molar-refractivity contribution in [1.82, 2.24) is 30.4 Å². The van der Waals surface area contributed by atoms with Crippen molar-refractivity contribution in [2.75, 3.05) is 7.05 Å². The van der Waals surface area contributed by atoms with Gasteiger partial charge in [-0.25, -0.2) is 4.98 Å². The van der Waals surface area contributed by atoms with Gasteiger partial charge in [-0.05, 0) is 20.8 Å². The monoisotopic (exact) mass is 435 g/mol. The first-order valence-corrected chi connectivity index (χ1v) is 7.69. The first-order chi connectivity index (χ1) is 10.1. The van der Waals surface area contributed by atoms with Gasteiger partial charge >= 0.3 is 0 Å². The van der Waals surface area contributed by atoms with E-state index < -0.39 is 0 Å². The normalized spacial score (nSPS) is 11.2. The number of nitrogens with one attached hydrogen (secondary N) is 2. The van der Waals surface area contributed by atoms with Gasteiger partial charge in [-0.15, -0.1) is 45.5 Å². The summed E-state index contributed by atoms with van der Waals surface area (Å²) in [4.78, 5) is 9.87. The molecule has 2 aromatic heterocycles. The van der Waals surface area contributed by atoms with E-state index in [1.54, 1.807) is 24.7 Å². The van der Waals surface area contributed by atoms with Gasteiger partial charge in [-0.1, -0.05) is 0 Å². The van der Waals surface area contributed by atoms with Gasteiger partial charge in [0.15, 0.2) is 11.8 Å². The van der Waals surface area contributed by atoms with E-state index in [9.17, 15) is 0 Å². The highest BCUT2D eigenvalue weighted by Gasteiger charge is 2.07. The Morgan fingerprint density at radius 3 is 2.64 bits per heavy atom. The lowest BCUT2D eigenvalue weighted by Gasteiger charge is -2.11. The number of guanidine groups is 1. The van der Waals surface area contributed by atoms with E-state index in [0.717, 1.165) is 35.6 Å². The van der Waals surface area contributed by atoms with Crippen molar-refractivity contribution in [3.05, 3.63) is 27.7 Å². The van der Waals surface area contributed by atoms with Gasteiger partial charge in [0, 0.05) is 18.5 Å². The largest absolute Gasteiger partial charge is 0.351 e. The fourth-order valence-electron chi connectivity index (χ4n) is 1.96. The van der Waals surface area contributed by atoms with Crippen molar-refractivity contribution >= 4 is 41.3 Å². The molecule has 0 bridgehead atoms. The molecule has 9 heteroatoms. The van der Waals surface area contributed by atoms with Crippen molar-refractivity contribution in [2.45, 2.75) is 40.4 Å². The maximum absolute atomic E-state index is 4.42. The molecule has 2 heterocycles. The molecular formula is C13H22IN7S. The minimum absolute atomic E-state index is 0. The molecule has 0 fully saturated rings. The number of hydrogen-bond donors (Lipinski definition) is 2. The van der Waals surface area contributed by atoms with E-state index in [0.29, 0.717) is 6.54 Å². The Morgan fingerprint density at radius 1 is 1.32 bits per heavy atom. The second-order valence-electron chi connectivity index (χ2n) is 4.55. The van der Waals surface area contributed by atoms with Crippen molar-refractivity contribution < 1.29 is 0 Å². The number of thiazole rings is 1. The summed E-state index contributed by atoms with van der Waals surface area (Å²) in [5, 5.41) is 15.6. The van der Waals surface area contributed by atoms with Crippen LogP contribution in [0.2, 0.25) is 0 Å². The molecule has 0 aliphatic rings. The van der Waals surface area contributed by atoms with Gasteiger partial charge in [0.05, 0.1) is 23.8 Å². The van der Waals surface area contributed by atoms with Crippen molar-refractivity contribution in [2.24, 2.45) is 4.99 Å². The second-order valence-corrected chi connectivity index (χ2v) is 5.84. The number of halogens is 1. The molecule has 0 aliphatic heterocycles. The molecule has 2 rings (SSSR count). The first-order valence-electron chi connectivity index (χ1n) is 6.88. The van der Waals surface area contributed by atoms with Crippen LogP contribution in [0.15, 0.2) is 11.3 Å². The van der Waals surface area contributed by atoms with Crippen molar-refractivity contribution in [3.63, 3.8) is 0 Å². The highest BCUT2D eigenvalue weighted by atomic mass is 127. The molecule has 0 amide bonds. The third kappa shape index (κ3) is 4.90. The Bertz CT molecular complexity index is 620. The lowest BCUT2D eigenvalue weighted by atomic mass is 10.4. The van der Waals surface area contributed by atoms with Gasteiger partial charge in [0.25, 0.3) is 0 Å². The molecule has 0 aliphatic carbocycles. The molecule has 122 valence electrons. The number of aryl methyl sites for hydroxylation is 3. The minimum atomic E-state index is 0. The van der Waals surface area contributed by atoms with E-state index in [1.807, 2.05) is 18.4 Å². The molecule has 0 saturated carbocycles. The number of nitrogens with zero attached hydrogens (tertiary/aromatic N) is 5. The Kier molecular flexibility index (Phi) is 7.73. The third-order valence-electron chi connectivity index (χ3n) is 3.09. The van der Waals surface area contributed by atoms with Crippen molar-refractivity contribution in [3.8, 4) is 0 Å². The molecule has 0 unspecified atom stereocenters. The minimum Gasteiger partial charge on any atom is -0.351 e. The summed E-state index contributed by atoms with van der Waals surface area (Å²) < 4.78 is 2.00. The standard InChI is InChI=1S/C13H21N7S.HI/c1-5-20-8-17-19-12(20)7-16-13(14-4)15-6-11-9(2)18-10(3)21-11;/h8H,5-7H2,1-4H3,(H2,14,15,16);1H. The molecule has 0 radical (unpaired) electrons. The van der Waals surface area contributed by atoms with Gasteiger partial charge in [0.2, 0.25) is 0 Å². The summed E-state index contributed by atoms with van der Waals surface area (Å²) in [5.41, 5.74) is 1.08. The van der Waals surface area contributed by atoms with Crippen LogP contribution in [0.5, 0.6) is 0 Å². The van der Waals surface area contributed by atoms with Crippen LogP contribution < -0.4 is 10.6 Å². The molecule has 2 N–H and O–H groups in total. The number of aliphatic imine (C=N–C) groups is 1. The van der Waals surface area contributed by atoms with Crippen LogP contribution >= 0.6 is 35.3 Å². The average molecular weight is 435 g/mol. The zero-order chi connectivity index (χ0) is 15.2. The SMILES string of the molecule is CCn1cnnc1CNC(=NC)NCc1sc(C)nc1C.I. The summed E-state index contributed by atoms with van der Waals surface area (Å²) in [6.45, 7) is 8.28. The quantitative estimate of drug-likeness (QED) is 0.426. The number of hydrogen-bond acceptors (Lipinski definition) is 5. The van der Waals surface area contributed by atoms with Gasteiger partial charge in [-0.2, -0.15) is 0 Å². The van der Waals surface area contributed by atoms with E-state index in [-0.39, 0.29) is 24.0 Å². The first kappa shape index (κ1) is 18.8. The Morgan fingerprint density at radius 2 is 2.05 bits per heavy atom. The summed E-state index contributed by atoms with van der Waals surface area (Å²) in [5.74, 6) is 1.64. The zero-order valence-electron chi connectivity index (χ0n) is 13.3. The van der Waals surface area contributed by atoms with Crippen LogP contribution in [-0.4, -0.2) is 32.8 Å². The molecule has 0 atom stereocenters. The summed E-state index contributed by atoms with van der Waals surface area (Å²) in [7, 11) is 1.75. The second kappa shape index (κ2) is 9.03. The van der Waals surface area contributed by atoms with Crippen molar-refractivity contribution in [1.29, 1.82) is 0 Å². The lowest BCUT2D eigenvalue weighted by molar-refractivity contribution is 0.670.